The SMILES string of the molecule is CCCCCCCCCCCCCCCCCCCCCCCCCCCCCCCCOCCCNc1ccc2c(c1)Oc1cc(NCCCOCCCCCCCCCCCCCCCCCCCCCCCCCCCCCCCC)ccc1C21OC(=O)c2ccccc21. The molecule has 7 heteroatoms. The average molecular weight is 1340 g/mol. The molecule has 2 aliphatic heterocycles. The molecule has 0 radical (unpaired) electrons. The van der Waals surface area contributed by atoms with E-state index in [2.05, 4.69) is 60.9 Å². The summed E-state index contributed by atoms with van der Waals surface area (Å²) in [6, 6.07) is 20.2. The summed E-state index contributed by atoms with van der Waals surface area (Å²) in [5.41, 5.74) is 4.01. The van der Waals surface area contributed by atoms with Crippen molar-refractivity contribution in [3.63, 3.8) is 0 Å². The van der Waals surface area contributed by atoms with E-state index in [9.17, 15) is 4.79 Å². The maximum Gasteiger partial charge on any atom is 0.340 e. The zero-order valence-corrected chi connectivity index (χ0v) is 63.9. The number of anilines is 2. The Morgan fingerprint density at radius 2 is 0.536 bits per heavy atom. The van der Waals surface area contributed by atoms with Crippen molar-refractivity contribution in [2.24, 2.45) is 0 Å². The molecule has 0 aromatic heterocycles. The van der Waals surface area contributed by atoms with E-state index in [1.54, 1.807) is 0 Å². The van der Waals surface area contributed by atoms with Gasteiger partial charge in [-0.05, 0) is 56.0 Å². The Balaban J connectivity index is 0.789. The molecule has 3 aromatic rings. The average Bonchev–Trinajstić information content (AvgIpc) is 1.62. The highest BCUT2D eigenvalue weighted by atomic mass is 16.6. The minimum absolute atomic E-state index is 0.308. The van der Waals surface area contributed by atoms with Crippen LogP contribution in [0.4, 0.5) is 11.4 Å². The van der Waals surface area contributed by atoms with Crippen LogP contribution in [-0.2, 0) is 19.8 Å². The maximum absolute atomic E-state index is 13.5. The summed E-state index contributed by atoms with van der Waals surface area (Å²) in [4.78, 5) is 13.5. The minimum Gasteiger partial charge on any atom is -0.456 e. The normalized spacial score (nSPS) is 12.9. The lowest BCUT2D eigenvalue weighted by Crippen LogP contribution is -2.33. The molecule has 0 amide bonds. The minimum atomic E-state index is -1.08. The molecule has 0 fully saturated rings. The third kappa shape index (κ3) is 39.5. The van der Waals surface area contributed by atoms with Gasteiger partial charge in [0.2, 0.25) is 0 Å². The van der Waals surface area contributed by atoms with Crippen LogP contribution in [-0.4, -0.2) is 45.5 Å². The molecule has 0 saturated carbocycles. The molecule has 0 saturated heterocycles. The molecule has 0 unspecified atom stereocenters. The Hall–Kier alpha value is -3.55. The first-order valence-electron chi connectivity index (χ1n) is 43.1. The molecule has 2 heterocycles. The summed E-state index contributed by atoms with van der Waals surface area (Å²) in [6.07, 6.45) is 87.5. The van der Waals surface area contributed by atoms with Crippen LogP contribution in [0.15, 0.2) is 60.7 Å². The van der Waals surface area contributed by atoms with E-state index in [-0.39, 0.29) is 5.97 Å². The predicted molar refractivity (Wildman–Crippen MR) is 421 cm³/mol. The fraction of sp³-hybridized carbons (Fsp3) is 0.789. The third-order valence-corrected chi connectivity index (χ3v) is 21.6. The second kappa shape index (κ2) is 60.1. The van der Waals surface area contributed by atoms with Gasteiger partial charge in [-0.3, -0.25) is 0 Å². The van der Waals surface area contributed by atoms with Crippen molar-refractivity contribution in [2.45, 2.75) is 418 Å². The third-order valence-electron chi connectivity index (χ3n) is 21.6. The summed E-state index contributed by atoms with van der Waals surface area (Å²) in [6.45, 7) is 9.41. The van der Waals surface area contributed by atoms with Gasteiger partial charge in [-0.1, -0.05) is 404 Å². The maximum atomic E-state index is 13.5. The van der Waals surface area contributed by atoms with Gasteiger partial charge in [-0.25, -0.2) is 4.79 Å². The second-order valence-electron chi connectivity index (χ2n) is 30.4. The Kier molecular flexibility index (Phi) is 52.1. The van der Waals surface area contributed by atoms with Gasteiger partial charge in [0, 0.05) is 79.7 Å². The Morgan fingerprint density at radius 3 is 0.814 bits per heavy atom. The van der Waals surface area contributed by atoms with Crippen molar-refractivity contribution < 1.29 is 23.7 Å². The van der Waals surface area contributed by atoms with Gasteiger partial charge in [0.05, 0.1) is 5.56 Å². The number of nitrogens with one attached hydrogen (secondary N) is 2. The van der Waals surface area contributed by atoms with E-state index in [1.807, 2.05) is 24.3 Å². The second-order valence-corrected chi connectivity index (χ2v) is 30.4. The van der Waals surface area contributed by atoms with Gasteiger partial charge >= 0.3 is 5.97 Å². The summed E-state index contributed by atoms with van der Waals surface area (Å²) in [5.74, 6) is 1.08. The number of carbonyl (C=O) groups excluding carboxylic acids is 1. The molecule has 0 bridgehead atoms. The van der Waals surface area contributed by atoms with Gasteiger partial charge in [-0.2, -0.15) is 0 Å². The van der Waals surface area contributed by atoms with Crippen molar-refractivity contribution in [2.75, 3.05) is 50.2 Å². The molecule has 0 atom stereocenters. The van der Waals surface area contributed by atoms with Crippen molar-refractivity contribution in [1.29, 1.82) is 0 Å². The lowest BCUT2D eigenvalue weighted by atomic mass is 9.77. The molecule has 3 aromatic carbocycles. The number of rotatable bonds is 72. The van der Waals surface area contributed by atoms with E-state index < -0.39 is 5.60 Å². The van der Waals surface area contributed by atoms with Gasteiger partial charge in [0.25, 0.3) is 0 Å². The van der Waals surface area contributed by atoms with Gasteiger partial charge < -0.3 is 29.6 Å². The number of hydrogen-bond acceptors (Lipinski definition) is 7. The summed E-state index contributed by atoms with van der Waals surface area (Å²) in [5, 5.41) is 7.22. The Morgan fingerprint density at radius 1 is 0.289 bits per heavy atom. The molecule has 5 rings (SSSR count). The summed E-state index contributed by atoms with van der Waals surface area (Å²) < 4.78 is 25.3. The highest BCUT2D eigenvalue weighted by Crippen LogP contribution is 2.57. The molecule has 554 valence electrons. The molecular weight excluding hydrogens is 1190 g/mol. The van der Waals surface area contributed by atoms with E-state index in [0.29, 0.717) is 17.1 Å². The van der Waals surface area contributed by atoms with Gasteiger partial charge in [0.15, 0.2) is 5.60 Å². The van der Waals surface area contributed by atoms with Crippen LogP contribution in [0.1, 0.15) is 439 Å². The van der Waals surface area contributed by atoms with Crippen LogP contribution in [0, 0.1) is 0 Å². The predicted octanol–water partition coefficient (Wildman–Crippen LogP) is 29.3. The first kappa shape index (κ1) is 84.1. The molecule has 0 aliphatic carbocycles. The number of esters is 1. The van der Waals surface area contributed by atoms with Crippen LogP contribution in [0.5, 0.6) is 11.5 Å². The molecule has 97 heavy (non-hydrogen) atoms. The zero-order chi connectivity index (χ0) is 68.1. The topological polar surface area (TPSA) is 78.1 Å². The van der Waals surface area contributed by atoms with Crippen LogP contribution in [0.25, 0.3) is 0 Å². The molecule has 2 N–H and O–H groups in total. The van der Waals surface area contributed by atoms with Gasteiger partial charge in [-0.15, -0.1) is 0 Å². The standard InChI is InChI=1S/C90H154N2O5/c1-3-5-7-9-11-13-15-17-19-21-23-25-27-29-31-33-35-37-39-41-43-45-47-49-51-53-55-57-59-63-75-94-77-65-73-91-81-69-71-85-87(79-81)96-88-80-82(70-72-86(88)90(85)84-68-62-61-67-83(84)89(93)97-90)92-74-66-78-95-76-64-60-58-56-54-52-50-48-46-44-42-40-38-36-34-32-30-28-26-24-22-20-18-16-14-12-10-8-6-4-2/h61-62,67-72,79-80,91-92H,3-60,63-66,73-78H2,1-2H3. The lowest BCUT2D eigenvalue weighted by Gasteiger charge is -2.37. The Labute approximate surface area is 600 Å². The van der Waals surface area contributed by atoms with Gasteiger partial charge in [0.1, 0.15) is 11.5 Å². The van der Waals surface area contributed by atoms with E-state index in [0.717, 1.165) is 93.3 Å². The van der Waals surface area contributed by atoms with Crippen LogP contribution in [0.3, 0.4) is 0 Å². The number of hydrogen-bond donors (Lipinski definition) is 2. The highest BCUT2D eigenvalue weighted by Gasteiger charge is 2.53. The van der Waals surface area contributed by atoms with E-state index in [1.165, 1.54) is 372 Å². The van der Waals surface area contributed by atoms with Crippen molar-refractivity contribution in [3.8, 4) is 11.5 Å². The first-order chi connectivity index (χ1) is 48.2. The number of unbranched alkanes of at least 4 members (excludes halogenated alkanes) is 58. The van der Waals surface area contributed by atoms with Crippen molar-refractivity contribution >= 4 is 17.3 Å². The lowest BCUT2D eigenvalue weighted by molar-refractivity contribution is 0.0224. The molecule has 1 spiro atoms. The fourth-order valence-corrected chi connectivity index (χ4v) is 15.4. The van der Waals surface area contributed by atoms with Crippen LogP contribution < -0.4 is 15.4 Å². The molecular formula is C90H154N2O5. The first-order valence-corrected chi connectivity index (χ1v) is 43.1. The number of carbonyl (C=O) groups is 1. The van der Waals surface area contributed by atoms with Crippen molar-refractivity contribution in [3.05, 3.63) is 82.9 Å². The molecule has 2 aliphatic rings. The molecule has 7 nitrogen and oxygen atoms in total. The number of ether oxygens (including phenoxy) is 4. The highest BCUT2D eigenvalue weighted by molar-refractivity contribution is 5.97. The van der Waals surface area contributed by atoms with Crippen LogP contribution >= 0.6 is 0 Å². The monoisotopic (exact) mass is 1340 g/mol. The van der Waals surface area contributed by atoms with E-state index >= 15 is 0 Å². The Bertz CT molecular complexity index is 2160. The quantitative estimate of drug-likeness (QED) is 0.0431. The summed E-state index contributed by atoms with van der Waals surface area (Å²) in [7, 11) is 0. The number of fused-ring (bicyclic) bond motifs is 6. The smallest absolute Gasteiger partial charge is 0.340 e. The fourth-order valence-electron chi connectivity index (χ4n) is 15.4. The largest absolute Gasteiger partial charge is 0.456 e. The van der Waals surface area contributed by atoms with Crippen LogP contribution in [0.2, 0.25) is 0 Å². The summed E-state index contributed by atoms with van der Waals surface area (Å²) >= 11 is 0. The number of benzene rings is 3. The zero-order valence-electron chi connectivity index (χ0n) is 63.9. The van der Waals surface area contributed by atoms with E-state index in [4.69, 9.17) is 18.9 Å². The van der Waals surface area contributed by atoms with Crippen molar-refractivity contribution in [1.82, 2.24) is 0 Å².